The molecule has 0 saturated heterocycles. The molecule has 3 rings (SSSR count). The van der Waals surface area contributed by atoms with E-state index >= 15 is 0 Å². The lowest BCUT2D eigenvalue weighted by Crippen LogP contribution is -2.33. The lowest BCUT2D eigenvalue weighted by molar-refractivity contribution is -0.114. The Morgan fingerprint density at radius 3 is 2.22 bits per heavy atom. The van der Waals surface area contributed by atoms with Crippen molar-refractivity contribution >= 4 is 33.0 Å². The van der Waals surface area contributed by atoms with Crippen LogP contribution >= 0.6 is 0 Å². The third-order valence-electron chi connectivity index (χ3n) is 6.08. The predicted molar refractivity (Wildman–Crippen MR) is 143 cm³/mol. The van der Waals surface area contributed by atoms with Gasteiger partial charge in [0.05, 0.1) is 27.6 Å². The quantitative estimate of drug-likeness (QED) is 0.377. The summed E-state index contributed by atoms with van der Waals surface area (Å²) >= 11 is 0. The summed E-state index contributed by atoms with van der Waals surface area (Å²) in [5, 5.41) is 8.73. The first kappa shape index (κ1) is 26.9. The standard InChI is InChI=1S/C28H33N3O4S/c1-6-20(4)30-28(33)23-9-7-8-10-25(23)31-26(32)17-29-24-16-13-19(3)27(21(24)5)36(34,35)22-14-11-18(2)12-15-22/h7-16,20,29H,6,17H2,1-5H3,(H,30,33)(H,31,32). The molecule has 3 N–H and O–H groups in total. The van der Waals surface area contributed by atoms with E-state index in [0.717, 1.165) is 12.0 Å². The molecule has 0 radical (unpaired) electrons. The van der Waals surface area contributed by atoms with Crippen LogP contribution in [0.25, 0.3) is 0 Å². The predicted octanol–water partition coefficient (Wildman–Crippen LogP) is 5.02. The van der Waals surface area contributed by atoms with Gasteiger partial charge in [-0.2, -0.15) is 0 Å². The van der Waals surface area contributed by atoms with E-state index in [9.17, 15) is 18.0 Å². The summed E-state index contributed by atoms with van der Waals surface area (Å²) in [7, 11) is -3.74. The summed E-state index contributed by atoms with van der Waals surface area (Å²) in [4.78, 5) is 25.8. The molecule has 0 fully saturated rings. The van der Waals surface area contributed by atoms with Crippen LogP contribution in [0.2, 0.25) is 0 Å². The van der Waals surface area contributed by atoms with Gasteiger partial charge in [0.25, 0.3) is 5.91 Å². The van der Waals surface area contributed by atoms with Crippen LogP contribution in [-0.4, -0.2) is 32.8 Å². The fourth-order valence-electron chi connectivity index (χ4n) is 3.83. The van der Waals surface area contributed by atoms with Gasteiger partial charge in [-0.1, -0.05) is 42.8 Å². The van der Waals surface area contributed by atoms with E-state index < -0.39 is 9.84 Å². The molecule has 0 aliphatic heterocycles. The molecule has 0 aliphatic carbocycles. The molecule has 0 bridgehead atoms. The van der Waals surface area contributed by atoms with Crippen molar-refractivity contribution in [1.82, 2.24) is 5.32 Å². The van der Waals surface area contributed by atoms with Gasteiger partial charge in [0.15, 0.2) is 0 Å². The average molecular weight is 508 g/mol. The van der Waals surface area contributed by atoms with Gasteiger partial charge in [0.1, 0.15) is 0 Å². The Balaban J connectivity index is 1.78. The summed E-state index contributed by atoms with van der Waals surface area (Å²) in [6.45, 7) is 9.18. The first-order valence-corrected chi connectivity index (χ1v) is 13.4. The van der Waals surface area contributed by atoms with Crippen LogP contribution in [0.1, 0.15) is 47.3 Å². The van der Waals surface area contributed by atoms with Crippen molar-refractivity contribution in [3.8, 4) is 0 Å². The van der Waals surface area contributed by atoms with Gasteiger partial charge in [-0.05, 0) is 75.6 Å². The molecule has 0 aliphatic rings. The molecule has 1 unspecified atom stereocenters. The SMILES string of the molecule is CCC(C)NC(=O)c1ccccc1NC(=O)CNc1ccc(C)c(S(=O)(=O)c2ccc(C)cc2)c1C. The van der Waals surface area contributed by atoms with Gasteiger partial charge in [0, 0.05) is 11.7 Å². The monoisotopic (exact) mass is 507 g/mol. The number of nitrogens with one attached hydrogen (secondary N) is 3. The number of anilines is 2. The number of hydrogen-bond acceptors (Lipinski definition) is 5. The Morgan fingerprint density at radius 2 is 1.56 bits per heavy atom. The third kappa shape index (κ3) is 6.12. The van der Waals surface area contributed by atoms with Gasteiger partial charge < -0.3 is 16.0 Å². The highest BCUT2D eigenvalue weighted by molar-refractivity contribution is 7.91. The van der Waals surface area contributed by atoms with Crippen LogP contribution in [0.15, 0.2) is 70.5 Å². The third-order valence-corrected chi connectivity index (χ3v) is 8.14. The zero-order valence-corrected chi connectivity index (χ0v) is 22.1. The molecule has 1 atom stereocenters. The number of hydrogen-bond donors (Lipinski definition) is 3. The van der Waals surface area contributed by atoms with E-state index in [1.807, 2.05) is 20.8 Å². The fourth-order valence-corrected chi connectivity index (χ4v) is 5.57. The van der Waals surface area contributed by atoms with Crippen LogP contribution in [0.4, 0.5) is 11.4 Å². The van der Waals surface area contributed by atoms with E-state index in [1.54, 1.807) is 74.5 Å². The van der Waals surface area contributed by atoms with Crippen LogP contribution in [0, 0.1) is 20.8 Å². The topological polar surface area (TPSA) is 104 Å². The van der Waals surface area contributed by atoms with Crippen molar-refractivity contribution in [2.24, 2.45) is 0 Å². The maximum absolute atomic E-state index is 13.4. The number of carbonyl (C=O) groups is 2. The van der Waals surface area contributed by atoms with Crippen molar-refractivity contribution in [1.29, 1.82) is 0 Å². The highest BCUT2D eigenvalue weighted by atomic mass is 32.2. The number of para-hydroxylation sites is 1. The molecule has 190 valence electrons. The van der Waals surface area contributed by atoms with E-state index in [-0.39, 0.29) is 34.2 Å². The minimum Gasteiger partial charge on any atom is -0.376 e. The van der Waals surface area contributed by atoms with E-state index in [0.29, 0.717) is 28.1 Å². The van der Waals surface area contributed by atoms with Gasteiger partial charge in [0.2, 0.25) is 15.7 Å². The second kappa shape index (κ2) is 11.4. The lowest BCUT2D eigenvalue weighted by Gasteiger charge is -2.17. The Kier molecular flexibility index (Phi) is 8.53. The van der Waals surface area contributed by atoms with Crippen molar-refractivity contribution in [2.45, 2.75) is 56.9 Å². The second-order valence-corrected chi connectivity index (χ2v) is 10.8. The first-order valence-electron chi connectivity index (χ1n) is 11.9. The second-order valence-electron chi connectivity index (χ2n) is 8.93. The number of aryl methyl sites for hydroxylation is 2. The molecule has 0 aromatic heterocycles. The Morgan fingerprint density at radius 1 is 0.889 bits per heavy atom. The molecule has 3 aromatic rings. The molecule has 7 nitrogen and oxygen atoms in total. The lowest BCUT2D eigenvalue weighted by atomic mass is 10.1. The number of sulfone groups is 1. The molecule has 2 amide bonds. The molecule has 0 spiro atoms. The van der Waals surface area contributed by atoms with Gasteiger partial charge >= 0.3 is 0 Å². The number of amides is 2. The summed E-state index contributed by atoms with van der Waals surface area (Å²) < 4.78 is 26.7. The average Bonchev–Trinajstić information content (AvgIpc) is 2.84. The molecule has 3 aromatic carbocycles. The number of carbonyl (C=O) groups excluding carboxylic acids is 2. The van der Waals surface area contributed by atoms with Gasteiger partial charge in [-0.3, -0.25) is 9.59 Å². The van der Waals surface area contributed by atoms with E-state index in [1.165, 1.54) is 0 Å². The van der Waals surface area contributed by atoms with Crippen LogP contribution in [0.5, 0.6) is 0 Å². The molecule has 36 heavy (non-hydrogen) atoms. The summed E-state index contributed by atoms with van der Waals surface area (Å²) in [5.41, 5.74) is 3.48. The summed E-state index contributed by atoms with van der Waals surface area (Å²) in [6, 6.07) is 17.1. The maximum atomic E-state index is 13.4. The highest BCUT2D eigenvalue weighted by Gasteiger charge is 2.24. The molecular formula is C28H33N3O4S. The zero-order chi connectivity index (χ0) is 26.5. The van der Waals surface area contributed by atoms with Crippen molar-refractivity contribution in [3.63, 3.8) is 0 Å². The van der Waals surface area contributed by atoms with Crippen molar-refractivity contribution < 1.29 is 18.0 Å². The van der Waals surface area contributed by atoms with Crippen LogP contribution in [-0.2, 0) is 14.6 Å². The van der Waals surface area contributed by atoms with Gasteiger partial charge in [-0.15, -0.1) is 0 Å². The van der Waals surface area contributed by atoms with Crippen LogP contribution in [0.3, 0.4) is 0 Å². The van der Waals surface area contributed by atoms with Gasteiger partial charge in [-0.25, -0.2) is 8.42 Å². The van der Waals surface area contributed by atoms with E-state index in [2.05, 4.69) is 16.0 Å². The highest BCUT2D eigenvalue weighted by Crippen LogP contribution is 2.31. The maximum Gasteiger partial charge on any atom is 0.253 e. The Bertz CT molecular complexity index is 1370. The largest absolute Gasteiger partial charge is 0.376 e. The Labute approximate surface area is 213 Å². The molecule has 8 heteroatoms. The van der Waals surface area contributed by atoms with Crippen LogP contribution < -0.4 is 16.0 Å². The summed E-state index contributed by atoms with van der Waals surface area (Å²) in [5.74, 6) is -0.616. The fraction of sp³-hybridized carbons (Fsp3) is 0.286. The smallest absolute Gasteiger partial charge is 0.253 e. The Hall–Kier alpha value is -3.65. The molecular weight excluding hydrogens is 474 g/mol. The molecule has 0 saturated carbocycles. The first-order chi connectivity index (χ1) is 17.0. The zero-order valence-electron chi connectivity index (χ0n) is 21.3. The normalized spacial score (nSPS) is 12.0. The number of rotatable bonds is 9. The summed E-state index contributed by atoms with van der Waals surface area (Å²) in [6.07, 6.45) is 0.793. The number of benzene rings is 3. The van der Waals surface area contributed by atoms with Crippen molar-refractivity contribution in [2.75, 3.05) is 17.2 Å². The van der Waals surface area contributed by atoms with Crippen molar-refractivity contribution in [3.05, 3.63) is 82.9 Å². The minimum atomic E-state index is -3.74. The van der Waals surface area contributed by atoms with E-state index in [4.69, 9.17) is 0 Å². The minimum absolute atomic E-state index is 0.0119. The molecule has 0 heterocycles.